The molecule has 0 N–H and O–H groups in total. The monoisotopic (exact) mass is 192 g/mol. The molecular weight excluding hydrogens is 172 g/mol. The van der Waals surface area contributed by atoms with Gasteiger partial charge in [0, 0.05) is 14.7 Å². The molecule has 0 bridgehead atoms. The van der Waals surface area contributed by atoms with Gasteiger partial charge >= 0.3 is 0 Å². The molecule has 0 nitrogen and oxygen atoms in total. The highest BCUT2D eigenvalue weighted by Gasteiger charge is 2.24. The molecule has 0 aliphatic heterocycles. The first-order chi connectivity index (χ1) is 5.02. The van der Waals surface area contributed by atoms with Gasteiger partial charge in [0.15, 0.2) is 0 Å². The van der Waals surface area contributed by atoms with E-state index in [4.69, 9.17) is 11.6 Å². The van der Waals surface area contributed by atoms with Gasteiger partial charge in [-0.15, -0.1) is 11.6 Å². The van der Waals surface area contributed by atoms with Gasteiger partial charge in [-0.3, -0.25) is 0 Å². The minimum atomic E-state index is -0.554. The van der Waals surface area contributed by atoms with Gasteiger partial charge in [-0.05, 0) is 11.1 Å². The minimum Gasteiger partial charge on any atom is -0.127 e. The molecule has 1 unspecified atom stereocenters. The first-order valence-electron chi connectivity index (χ1n) is 4.58. The Morgan fingerprint density at radius 1 is 1.18 bits per heavy atom. The summed E-state index contributed by atoms with van der Waals surface area (Å²) >= 11 is 5.77. The molecule has 0 amide bonds. The summed E-state index contributed by atoms with van der Waals surface area (Å²) in [7, 11) is -0.554. The first-order valence-corrected chi connectivity index (χ1v) is 7.32. The highest BCUT2D eigenvalue weighted by Crippen LogP contribution is 2.32. The van der Waals surface area contributed by atoms with Crippen LogP contribution in [-0.4, -0.2) is 14.7 Å². The van der Waals surface area contributed by atoms with Crippen molar-refractivity contribution in [1.29, 1.82) is 0 Å². The predicted octanol–water partition coefficient (Wildman–Crippen LogP) is 3.66. The fraction of sp³-hybridized carbons (Fsp3) is 1.00. The van der Waals surface area contributed by atoms with Gasteiger partial charge in [-0.1, -0.05) is 40.2 Å². The van der Waals surface area contributed by atoms with E-state index in [-0.39, 0.29) is 0 Å². The summed E-state index contributed by atoms with van der Waals surface area (Å²) < 4.78 is 0. The average Bonchev–Trinajstić information content (AvgIpc) is 1.85. The Labute approximate surface area is 77.9 Å². The normalized spacial score (nSPS) is 15.0. The van der Waals surface area contributed by atoms with Gasteiger partial charge in [0.1, 0.15) is 0 Å². The van der Waals surface area contributed by atoms with Crippen LogP contribution in [0.5, 0.6) is 0 Å². The van der Waals surface area contributed by atoms with Crippen molar-refractivity contribution in [3.8, 4) is 0 Å². The molecule has 11 heavy (non-hydrogen) atoms. The average molecular weight is 193 g/mol. The van der Waals surface area contributed by atoms with Crippen molar-refractivity contribution in [2.75, 3.05) is 5.88 Å². The third kappa shape index (κ3) is 4.86. The summed E-state index contributed by atoms with van der Waals surface area (Å²) in [6.07, 6.45) is 1.34. The Hall–Kier alpha value is 0.507. The summed E-state index contributed by atoms with van der Waals surface area (Å²) in [5, 5.41) is 0.574. The number of rotatable bonds is 4. The number of halogens is 1. The van der Waals surface area contributed by atoms with Crippen LogP contribution >= 0.6 is 11.6 Å². The van der Waals surface area contributed by atoms with Crippen molar-refractivity contribution in [3.63, 3.8) is 0 Å². The maximum Gasteiger partial charge on any atom is 0.0434 e. The summed E-state index contributed by atoms with van der Waals surface area (Å²) in [6, 6.07) is 2.76. The van der Waals surface area contributed by atoms with Crippen molar-refractivity contribution in [3.05, 3.63) is 0 Å². The third-order valence-corrected chi connectivity index (χ3v) is 7.61. The molecule has 0 aliphatic carbocycles. The maximum atomic E-state index is 5.77. The zero-order valence-corrected chi connectivity index (χ0v) is 10.2. The Balaban J connectivity index is 3.88. The molecule has 0 rings (SSSR count). The van der Waals surface area contributed by atoms with Crippen LogP contribution in [0.4, 0.5) is 0 Å². The molecular formula is C9H21ClSi. The molecule has 0 heterocycles. The molecule has 0 saturated heterocycles. The van der Waals surface area contributed by atoms with E-state index in [1.807, 2.05) is 0 Å². The highest BCUT2D eigenvalue weighted by molar-refractivity contribution is 6.62. The molecule has 1 atom stereocenters. The SMILES string of the molecule is CCC[SiH](CCCl)C(C)(C)C. The van der Waals surface area contributed by atoms with Crippen molar-refractivity contribution in [2.45, 2.75) is 51.2 Å². The number of alkyl halides is 1. The third-order valence-electron chi connectivity index (χ3n) is 2.32. The molecule has 68 valence electrons. The van der Waals surface area contributed by atoms with Gasteiger partial charge in [-0.25, -0.2) is 0 Å². The standard InChI is InChI=1S/C9H21ClSi/c1-5-7-11(8-6-10)9(2,3)4/h11H,5-8H2,1-4H3. The molecule has 0 aliphatic rings. The van der Waals surface area contributed by atoms with E-state index in [1.54, 1.807) is 0 Å². The van der Waals surface area contributed by atoms with Gasteiger partial charge in [0.2, 0.25) is 0 Å². The zero-order valence-electron chi connectivity index (χ0n) is 8.28. The molecule has 0 spiro atoms. The number of hydrogen-bond donors (Lipinski definition) is 0. The van der Waals surface area contributed by atoms with Crippen molar-refractivity contribution in [1.82, 2.24) is 0 Å². The van der Waals surface area contributed by atoms with Crippen LogP contribution in [0.1, 0.15) is 34.1 Å². The summed E-state index contributed by atoms with van der Waals surface area (Å²) in [4.78, 5) is 0. The first kappa shape index (κ1) is 11.5. The van der Waals surface area contributed by atoms with E-state index < -0.39 is 8.80 Å². The molecule has 2 heteroatoms. The van der Waals surface area contributed by atoms with E-state index in [1.165, 1.54) is 18.5 Å². The second kappa shape index (κ2) is 5.21. The van der Waals surface area contributed by atoms with Crippen molar-refractivity contribution < 1.29 is 0 Å². The topological polar surface area (TPSA) is 0 Å². The molecule has 0 aromatic heterocycles. The molecule has 0 aromatic carbocycles. The van der Waals surface area contributed by atoms with Crippen LogP contribution in [0.2, 0.25) is 17.1 Å². The van der Waals surface area contributed by atoms with Crippen LogP contribution in [0.25, 0.3) is 0 Å². The lowest BCUT2D eigenvalue weighted by Gasteiger charge is -2.28. The Morgan fingerprint density at radius 2 is 1.73 bits per heavy atom. The fourth-order valence-electron chi connectivity index (χ4n) is 1.49. The minimum absolute atomic E-state index is 0.554. The van der Waals surface area contributed by atoms with E-state index in [0.29, 0.717) is 5.04 Å². The second-order valence-electron chi connectivity index (χ2n) is 4.33. The van der Waals surface area contributed by atoms with Crippen molar-refractivity contribution >= 4 is 20.4 Å². The molecule has 0 fully saturated rings. The molecule has 0 saturated carbocycles. The van der Waals surface area contributed by atoms with E-state index in [9.17, 15) is 0 Å². The molecule has 0 radical (unpaired) electrons. The van der Waals surface area contributed by atoms with Gasteiger partial charge in [0.25, 0.3) is 0 Å². The van der Waals surface area contributed by atoms with E-state index in [2.05, 4.69) is 27.7 Å². The van der Waals surface area contributed by atoms with E-state index in [0.717, 1.165) is 5.88 Å². The number of hydrogen-bond acceptors (Lipinski definition) is 0. The lowest BCUT2D eigenvalue weighted by atomic mass is 10.2. The quantitative estimate of drug-likeness (QED) is 0.471. The maximum absolute atomic E-state index is 5.77. The second-order valence-corrected chi connectivity index (χ2v) is 8.99. The Bertz CT molecular complexity index is 90.2. The summed E-state index contributed by atoms with van der Waals surface area (Å²) in [6.45, 7) is 9.38. The van der Waals surface area contributed by atoms with Crippen LogP contribution < -0.4 is 0 Å². The fourth-order valence-corrected chi connectivity index (χ4v) is 5.26. The highest BCUT2D eigenvalue weighted by atomic mass is 35.5. The largest absolute Gasteiger partial charge is 0.127 e. The van der Waals surface area contributed by atoms with Gasteiger partial charge < -0.3 is 0 Å². The smallest absolute Gasteiger partial charge is 0.0434 e. The Kier molecular flexibility index (Phi) is 5.45. The lowest BCUT2D eigenvalue weighted by molar-refractivity contribution is 0.722. The lowest BCUT2D eigenvalue weighted by Crippen LogP contribution is -2.25. The Morgan fingerprint density at radius 3 is 2.00 bits per heavy atom. The van der Waals surface area contributed by atoms with Gasteiger partial charge in [0.05, 0.1) is 0 Å². The zero-order chi connectivity index (χ0) is 8.91. The predicted molar refractivity (Wildman–Crippen MR) is 57.5 cm³/mol. The van der Waals surface area contributed by atoms with Crippen molar-refractivity contribution in [2.24, 2.45) is 0 Å². The van der Waals surface area contributed by atoms with Crippen LogP contribution in [0.15, 0.2) is 0 Å². The summed E-state index contributed by atoms with van der Waals surface area (Å²) in [5.41, 5.74) is 0. The van der Waals surface area contributed by atoms with E-state index >= 15 is 0 Å². The van der Waals surface area contributed by atoms with Crippen LogP contribution in [0.3, 0.4) is 0 Å². The van der Waals surface area contributed by atoms with Gasteiger partial charge in [-0.2, -0.15) is 0 Å². The van der Waals surface area contributed by atoms with Crippen LogP contribution in [-0.2, 0) is 0 Å². The summed E-state index contributed by atoms with van der Waals surface area (Å²) in [5.74, 6) is 0.869. The molecule has 0 aromatic rings. The van der Waals surface area contributed by atoms with Crippen LogP contribution in [0, 0.1) is 0 Å².